The summed E-state index contributed by atoms with van der Waals surface area (Å²) in [7, 11) is -1.79. The minimum absolute atomic E-state index is 0.187. The van der Waals surface area contributed by atoms with Gasteiger partial charge in [0.1, 0.15) is 5.60 Å². The van der Waals surface area contributed by atoms with Crippen molar-refractivity contribution in [3.8, 4) is 12.3 Å². The lowest BCUT2D eigenvalue weighted by atomic mass is 10.0. The molecular formula is C13H24OSi. The van der Waals surface area contributed by atoms with Gasteiger partial charge in [0, 0.05) is 6.42 Å². The largest absolute Gasteiger partial charge is 0.401 e. The Balaban J connectivity index is 4.85. The van der Waals surface area contributed by atoms with Crippen molar-refractivity contribution in [3.63, 3.8) is 0 Å². The van der Waals surface area contributed by atoms with E-state index in [0.717, 1.165) is 0 Å². The molecule has 0 saturated carbocycles. The lowest BCUT2D eigenvalue weighted by Gasteiger charge is -2.41. The predicted octanol–water partition coefficient (Wildman–Crippen LogP) is 3.98. The van der Waals surface area contributed by atoms with E-state index in [2.05, 4.69) is 46.4 Å². The van der Waals surface area contributed by atoms with E-state index >= 15 is 0 Å². The number of hydrogen-bond acceptors (Lipinski definition) is 1. The Bertz CT molecular complexity index is 267. The van der Waals surface area contributed by atoms with Crippen LogP contribution in [-0.4, -0.2) is 13.9 Å². The Kier molecular flexibility index (Phi) is 4.39. The lowest BCUT2D eigenvalue weighted by Crippen LogP contribution is -2.47. The van der Waals surface area contributed by atoms with Gasteiger partial charge in [0.15, 0.2) is 8.32 Å². The summed E-state index contributed by atoms with van der Waals surface area (Å²) in [6, 6.07) is 0. The predicted molar refractivity (Wildman–Crippen MR) is 70.3 cm³/mol. The maximum Gasteiger partial charge on any atom is 0.194 e. The van der Waals surface area contributed by atoms with Crippen LogP contribution in [0, 0.1) is 12.3 Å². The molecule has 0 bridgehead atoms. The molecule has 0 spiro atoms. The highest BCUT2D eigenvalue weighted by atomic mass is 28.4. The lowest BCUT2D eigenvalue weighted by molar-refractivity contribution is 0.135. The van der Waals surface area contributed by atoms with Crippen molar-refractivity contribution in [1.82, 2.24) is 0 Å². The molecule has 86 valence electrons. The van der Waals surface area contributed by atoms with Crippen molar-refractivity contribution in [3.05, 3.63) is 12.7 Å². The van der Waals surface area contributed by atoms with Crippen LogP contribution in [0.25, 0.3) is 0 Å². The molecule has 0 aromatic carbocycles. The van der Waals surface area contributed by atoms with E-state index < -0.39 is 13.9 Å². The van der Waals surface area contributed by atoms with E-state index in [1.54, 1.807) is 0 Å². The van der Waals surface area contributed by atoms with Crippen LogP contribution in [0.1, 0.15) is 34.1 Å². The third-order valence-electron chi connectivity index (χ3n) is 3.13. The molecule has 0 aromatic heterocycles. The molecule has 0 rings (SSSR count). The second-order valence-corrected chi connectivity index (χ2v) is 10.5. The Labute approximate surface area is 96.0 Å². The maximum absolute atomic E-state index is 6.21. The Hall–Kier alpha value is -0.523. The fourth-order valence-electron chi connectivity index (χ4n) is 1.12. The molecule has 0 amide bonds. The van der Waals surface area contributed by atoms with Crippen LogP contribution in [0.4, 0.5) is 0 Å². The second-order valence-electron chi connectivity index (χ2n) is 5.73. The highest BCUT2D eigenvalue weighted by Gasteiger charge is 2.41. The number of terminal acetylenes is 1. The van der Waals surface area contributed by atoms with Crippen molar-refractivity contribution in [2.75, 3.05) is 0 Å². The van der Waals surface area contributed by atoms with Crippen molar-refractivity contribution >= 4 is 8.32 Å². The molecule has 0 heterocycles. The highest BCUT2D eigenvalue weighted by molar-refractivity contribution is 6.74. The van der Waals surface area contributed by atoms with Gasteiger partial charge in [0.05, 0.1) is 0 Å². The summed E-state index contributed by atoms with van der Waals surface area (Å²) in [5.74, 6) is 2.75. The summed E-state index contributed by atoms with van der Waals surface area (Å²) in [5, 5.41) is 0.187. The topological polar surface area (TPSA) is 9.23 Å². The number of hydrogen-bond donors (Lipinski definition) is 0. The van der Waals surface area contributed by atoms with Crippen LogP contribution in [0.2, 0.25) is 18.1 Å². The molecular weight excluding hydrogens is 200 g/mol. The van der Waals surface area contributed by atoms with E-state index in [9.17, 15) is 0 Å². The normalized spacial score (nSPS) is 16.6. The van der Waals surface area contributed by atoms with Crippen molar-refractivity contribution in [2.24, 2.45) is 0 Å². The molecule has 1 atom stereocenters. The zero-order valence-electron chi connectivity index (χ0n) is 11.0. The number of rotatable bonds is 4. The summed E-state index contributed by atoms with van der Waals surface area (Å²) in [6.07, 6.45) is 8.07. The third kappa shape index (κ3) is 3.85. The third-order valence-corrected chi connectivity index (χ3v) is 7.70. The molecule has 0 aliphatic heterocycles. The molecule has 0 aliphatic rings. The van der Waals surface area contributed by atoms with Crippen LogP contribution < -0.4 is 0 Å². The summed E-state index contributed by atoms with van der Waals surface area (Å²) < 4.78 is 6.21. The van der Waals surface area contributed by atoms with Gasteiger partial charge in [-0.1, -0.05) is 32.8 Å². The quantitative estimate of drug-likeness (QED) is 0.399. The van der Waals surface area contributed by atoms with Crippen LogP contribution in [0.15, 0.2) is 12.7 Å². The van der Waals surface area contributed by atoms with Gasteiger partial charge in [-0.2, -0.15) is 0 Å². The van der Waals surface area contributed by atoms with Gasteiger partial charge in [-0.15, -0.1) is 13.0 Å². The minimum atomic E-state index is -1.79. The van der Waals surface area contributed by atoms with Gasteiger partial charge in [-0.25, -0.2) is 0 Å². The van der Waals surface area contributed by atoms with Gasteiger partial charge in [-0.05, 0) is 25.1 Å². The van der Waals surface area contributed by atoms with Gasteiger partial charge < -0.3 is 4.43 Å². The molecule has 0 saturated heterocycles. The fraction of sp³-hybridized carbons (Fsp3) is 0.692. The average Bonchev–Trinajstić information content (AvgIpc) is 2.01. The van der Waals surface area contributed by atoms with Gasteiger partial charge in [-0.3, -0.25) is 0 Å². The monoisotopic (exact) mass is 224 g/mol. The SMILES string of the molecule is C#CC(C)(CC=C)O[Si](C)(C)C(C)(C)C. The zero-order chi connectivity index (χ0) is 12.3. The van der Waals surface area contributed by atoms with Gasteiger partial charge in [0.2, 0.25) is 0 Å². The standard InChI is InChI=1S/C13H24OSi/c1-9-11-13(6,10-2)14-15(7,8)12(3,4)5/h2,9H,1,11H2,3-8H3. The van der Waals surface area contributed by atoms with Gasteiger partial charge >= 0.3 is 0 Å². The molecule has 15 heavy (non-hydrogen) atoms. The van der Waals surface area contributed by atoms with Crippen molar-refractivity contribution < 1.29 is 4.43 Å². The Morgan fingerprint density at radius 1 is 1.33 bits per heavy atom. The first kappa shape index (κ1) is 14.5. The summed E-state index contributed by atoms with van der Waals surface area (Å²) in [6.45, 7) is 16.8. The molecule has 0 aromatic rings. The van der Waals surface area contributed by atoms with E-state index in [0.29, 0.717) is 6.42 Å². The fourth-order valence-corrected chi connectivity index (χ4v) is 2.70. The highest BCUT2D eigenvalue weighted by Crippen LogP contribution is 2.39. The molecule has 0 aliphatic carbocycles. The van der Waals surface area contributed by atoms with Gasteiger partial charge in [0.25, 0.3) is 0 Å². The smallest absolute Gasteiger partial charge is 0.194 e. The summed E-state index contributed by atoms with van der Waals surface area (Å²) in [4.78, 5) is 0. The van der Waals surface area contributed by atoms with E-state index in [-0.39, 0.29) is 5.04 Å². The molecule has 0 radical (unpaired) electrons. The molecule has 2 heteroatoms. The van der Waals surface area contributed by atoms with Crippen molar-refractivity contribution in [2.45, 2.75) is 57.8 Å². The summed E-state index contributed by atoms with van der Waals surface area (Å²) in [5.41, 5.74) is -0.495. The first-order valence-corrected chi connectivity index (χ1v) is 8.28. The summed E-state index contributed by atoms with van der Waals surface area (Å²) >= 11 is 0. The zero-order valence-corrected chi connectivity index (χ0v) is 12.0. The van der Waals surface area contributed by atoms with E-state index in [4.69, 9.17) is 10.8 Å². The van der Waals surface area contributed by atoms with E-state index in [1.807, 2.05) is 13.0 Å². The van der Waals surface area contributed by atoms with Crippen LogP contribution >= 0.6 is 0 Å². The molecule has 1 nitrogen and oxygen atoms in total. The van der Waals surface area contributed by atoms with Crippen molar-refractivity contribution in [1.29, 1.82) is 0 Å². The average molecular weight is 224 g/mol. The van der Waals surface area contributed by atoms with Crippen LogP contribution in [0.3, 0.4) is 0 Å². The molecule has 0 N–H and O–H groups in total. The Morgan fingerprint density at radius 2 is 1.80 bits per heavy atom. The molecule has 1 unspecified atom stereocenters. The Morgan fingerprint density at radius 3 is 2.07 bits per heavy atom. The van der Waals surface area contributed by atoms with E-state index in [1.165, 1.54) is 0 Å². The van der Waals surface area contributed by atoms with Crippen LogP contribution in [0.5, 0.6) is 0 Å². The van der Waals surface area contributed by atoms with Crippen LogP contribution in [-0.2, 0) is 4.43 Å². The second kappa shape index (κ2) is 4.55. The first-order valence-electron chi connectivity index (χ1n) is 5.37. The minimum Gasteiger partial charge on any atom is -0.401 e. The maximum atomic E-state index is 6.21. The first-order chi connectivity index (χ1) is 6.58. The molecule has 0 fully saturated rings.